The molecule has 2 nitrogen and oxygen atoms in total. The number of hydrogen-bond acceptors (Lipinski definition) is 3. The lowest BCUT2D eigenvalue weighted by Gasteiger charge is -2.26. The Hall–Kier alpha value is -0.670. The summed E-state index contributed by atoms with van der Waals surface area (Å²) in [6.07, 6.45) is 9.05. The predicted octanol–water partition coefficient (Wildman–Crippen LogP) is 3.79. The highest BCUT2D eigenvalue weighted by Crippen LogP contribution is 2.14. The molecule has 1 aromatic heterocycles. The summed E-state index contributed by atoms with van der Waals surface area (Å²) in [6.45, 7) is 3.67. The number of likely N-dealkylation sites (tertiary alicyclic amines) is 1. The molecule has 1 aliphatic rings. The zero-order valence-electron chi connectivity index (χ0n) is 10.9. The highest BCUT2D eigenvalue weighted by molar-refractivity contribution is 7.12. The van der Waals surface area contributed by atoms with Gasteiger partial charge in [0.05, 0.1) is 4.88 Å². The van der Waals surface area contributed by atoms with E-state index in [0.29, 0.717) is 12.2 Å². The van der Waals surface area contributed by atoms with Crippen molar-refractivity contribution in [2.45, 2.75) is 38.5 Å². The predicted molar refractivity (Wildman–Crippen MR) is 77.1 cm³/mol. The molecule has 0 bridgehead atoms. The molecule has 0 saturated carbocycles. The van der Waals surface area contributed by atoms with Crippen molar-refractivity contribution in [3.05, 3.63) is 28.8 Å². The fraction of sp³-hybridized carbons (Fsp3) is 0.600. The summed E-state index contributed by atoms with van der Waals surface area (Å²) in [5.74, 6) is 0.317. The first kappa shape index (κ1) is 13.8. The standard InChI is InChI=1S/C15H22NOS/c17-14(15-9-7-13-18-15)8-3-1-4-10-16-11-5-2-6-12-16/h2,7,9,13H,1,3-6,8,10-12H2. The van der Waals surface area contributed by atoms with E-state index in [9.17, 15) is 4.79 Å². The maximum Gasteiger partial charge on any atom is 0.172 e. The molecular formula is C15H22NOS. The van der Waals surface area contributed by atoms with Crippen LogP contribution in [0.5, 0.6) is 0 Å². The van der Waals surface area contributed by atoms with Crippen molar-refractivity contribution >= 4 is 17.1 Å². The molecule has 0 amide bonds. The number of rotatable bonds is 7. The highest BCUT2D eigenvalue weighted by atomic mass is 32.1. The largest absolute Gasteiger partial charge is 0.303 e. The molecule has 0 unspecified atom stereocenters. The molecule has 18 heavy (non-hydrogen) atoms. The van der Waals surface area contributed by atoms with Crippen molar-refractivity contribution in [2.75, 3.05) is 19.6 Å². The zero-order valence-corrected chi connectivity index (χ0v) is 11.8. The van der Waals surface area contributed by atoms with Crippen LogP contribution in [0.3, 0.4) is 0 Å². The number of thiophene rings is 1. The smallest absolute Gasteiger partial charge is 0.172 e. The van der Waals surface area contributed by atoms with Crippen molar-refractivity contribution < 1.29 is 4.79 Å². The molecule has 0 aromatic carbocycles. The maximum atomic E-state index is 11.8. The topological polar surface area (TPSA) is 20.3 Å². The average molecular weight is 264 g/mol. The molecule has 2 rings (SSSR count). The minimum atomic E-state index is 0.317. The van der Waals surface area contributed by atoms with Crippen LogP contribution in [0.25, 0.3) is 0 Å². The van der Waals surface area contributed by atoms with Crippen molar-refractivity contribution in [3.8, 4) is 0 Å². The fourth-order valence-electron chi connectivity index (χ4n) is 2.39. The van der Waals surface area contributed by atoms with Crippen LogP contribution in [-0.4, -0.2) is 30.3 Å². The molecule has 3 heteroatoms. The molecule has 99 valence electrons. The summed E-state index contributed by atoms with van der Waals surface area (Å²) >= 11 is 1.56. The first-order valence-electron chi connectivity index (χ1n) is 6.97. The summed E-state index contributed by atoms with van der Waals surface area (Å²) in [5, 5.41) is 1.97. The highest BCUT2D eigenvalue weighted by Gasteiger charge is 2.10. The van der Waals surface area contributed by atoms with Gasteiger partial charge in [0.2, 0.25) is 0 Å². The molecule has 1 aliphatic heterocycles. The Bertz CT molecular complexity index is 341. The summed E-state index contributed by atoms with van der Waals surface area (Å²) in [5.41, 5.74) is 0. The molecule has 0 atom stereocenters. The number of unbranched alkanes of at least 4 members (excludes halogenated alkanes) is 2. The van der Waals surface area contributed by atoms with Crippen LogP contribution in [0.15, 0.2) is 17.5 Å². The van der Waals surface area contributed by atoms with Gasteiger partial charge in [-0.1, -0.05) is 12.5 Å². The molecule has 1 aromatic rings. The van der Waals surface area contributed by atoms with Crippen molar-refractivity contribution in [1.82, 2.24) is 4.90 Å². The second-order valence-corrected chi connectivity index (χ2v) is 5.87. The number of hydrogen-bond donors (Lipinski definition) is 0. The fourth-order valence-corrected chi connectivity index (χ4v) is 3.08. The van der Waals surface area contributed by atoms with E-state index in [1.54, 1.807) is 11.3 Å². The van der Waals surface area contributed by atoms with Gasteiger partial charge in [0.1, 0.15) is 0 Å². The van der Waals surface area contributed by atoms with Crippen LogP contribution < -0.4 is 0 Å². The van der Waals surface area contributed by atoms with Crippen LogP contribution >= 0.6 is 11.3 Å². The van der Waals surface area contributed by atoms with E-state index < -0.39 is 0 Å². The third-order valence-electron chi connectivity index (χ3n) is 3.47. The van der Waals surface area contributed by atoms with Gasteiger partial charge in [0.15, 0.2) is 5.78 Å². The summed E-state index contributed by atoms with van der Waals surface area (Å²) < 4.78 is 0. The third kappa shape index (κ3) is 4.54. The van der Waals surface area contributed by atoms with Crippen molar-refractivity contribution in [3.63, 3.8) is 0 Å². The molecular weight excluding hydrogens is 242 g/mol. The second-order valence-electron chi connectivity index (χ2n) is 4.92. The van der Waals surface area contributed by atoms with E-state index in [1.807, 2.05) is 17.5 Å². The maximum absolute atomic E-state index is 11.8. The van der Waals surface area contributed by atoms with Gasteiger partial charge in [-0.15, -0.1) is 11.3 Å². The lowest BCUT2D eigenvalue weighted by molar-refractivity contribution is 0.0982. The Balaban J connectivity index is 1.52. The van der Waals surface area contributed by atoms with Gasteiger partial charge in [0, 0.05) is 6.42 Å². The Morgan fingerprint density at radius 2 is 2.06 bits per heavy atom. The molecule has 0 aliphatic carbocycles. The minimum absolute atomic E-state index is 0.317. The number of piperidine rings is 1. The van der Waals surface area contributed by atoms with Crippen LogP contribution in [0.2, 0.25) is 0 Å². The van der Waals surface area contributed by atoms with E-state index in [0.717, 1.165) is 11.3 Å². The van der Waals surface area contributed by atoms with Gasteiger partial charge < -0.3 is 4.90 Å². The Kier molecular flexibility index (Phi) is 5.88. The van der Waals surface area contributed by atoms with E-state index >= 15 is 0 Å². The molecule has 0 N–H and O–H groups in total. The number of nitrogens with zero attached hydrogens (tertiary/aromatic N) is 1. The molecule has 1 saturated heterocycles. The monoisotopic (exact) mass is 264 g/mol. The quantitative estimate of drug-likeness (QED) is 0.551. The van der Waals surface area contributed by atoms with Gasteiger partial charge in [-0.05, 0) is 63.2 Å². The van der Waals surface area contributed by atoms with Crippen molar-refractivity contribution in [2.24, 2.45) is 0 Å². The number of Topliss-reactive ketones (excluding diaryl/α,β-unsaturated/α-hetero) is 1. The number of carbonyl (C=O) groups is 1. The van der Waals surface area contributed by atoms with E-state index in [1.165, 1.54) is 45.3 Å². The summed E-state index contributed by atoms with van der Waals surface area (Å²) in [7, 11) is 0. The Labute approximate surface area is 114 Å². The first-order chi connectivity index (χ1) is 8.86. The van der Waals surface area contributed by atoms with Gasteiger partial charge in [0.25, 0.3) is 0 Å². The zero-order chi connectivity index (χ0) is 12.6. The average Bonchev–Trinajstić information content (AvgIpc) is 2.93. The van der Waals surface area contributed by atoms with Gasteiger partial charge in [-0.3, -0.25) is 4.79 Å². The second kappa shape index (κ2) is 7.70. The summed E-state index contributed by atoms with van der Waals surface area (Å²) in [6, 6.07) is 3.88. The van der Waals surface area contributed by atoms with E-state index in [-0.39, 0.29) is 0 Å². The van der Waals surface area contributed by atoms with E-state index in [2.05, 4.69) is 11.3 Å². The van der Waals surface area contributed by atoms with Gasteiger partial charge in [-0.25, -0.2) is 0 Å². The van der Waals surface area contributed by atoms with E-state index in [4.69, 9.17) is 0 Å². The number of ketones is 1. The Morgan fingerprint density at radius 3 is 2.78 bits per heavy atom. The summed E-state index contributed by atoms with van der Waals surface area (Å²) in [4.78, 5) is 15.2. The van der Waals surface area contributed by atoms with Crippen molar-refractivity contribution in [1.29, 1.82) is 0 Å². The molecule has 1 radical (unpaired) electrons. The SMILES string of the molecule is O=C(CCCCCN1CC[CH]CC1)c1cccs1. The van der Waals surface area contributed by atoms with Gasteiger partial charge in [-0.2, -0.15) is 0 Å². The Morgan fingerprint density at radius 1 is 1.22 bits per heavy atom. The van der Waals surface area contributed by atoms with Gasteiger partial charge >= 0.3 is 0 Å². The minimum Gasteiger partial charge on any atom is -0.303 e. The van der Waals surface area contributed by atoms with Crippen LogP contribution in [0.4, 0.5) is 0 Å². The van der Waals surface area contributed by atoms with Crippen LogP contribution in [0.1, 0.15) is 48.2 Å². The normalized spacial score (nSPS) is 16.9. The molecule has 2 heterocycles. The van der Waals surface area contributed by atoms with Crippen LogP contribution in [-0.2, 0) is 0 Å². The third-order valence-corrected chi connectivity index (χ3v) is 4.38. The number of carbonyl (C=O) groups excluding carboxylic acids is 1. The lowest BCUT2D eigenvalue weighted by Crippen LogP contribution is -2.30. The lowest BCUT2D eigenvalue weighted by atomic mass is 10.1. The molecule has 0 spiro atoms. The first-order valence-corrected chi connectivity index (χ1v) is 7.85. The van der Waals surface area contributed by atoms with Crippen LogP contribution in [0, 0.1) is 6.42 Å². The molecule has 1 fully saturated rings.